The molecule has 1 saturated heterocycles. The molecular formula is C28H32N4O5S. The Morgan fingerprint density at radius 1 is 0.974 bits per heavy atom. The van der Waals surface area contributed by atoms with E-state index in [9.17, 15) is 18.0 Å². The summed E-state index contributed by atoms with van der Waals surface area (Å²) in [5.74, 6) is -0.162. The molecule has 1 unspecified atom stereocenters. The topological polar surface area (TPSA) is 109 Å². The van der Waals surface area contributed by atoms with E-state index in [1.54, 1.807) is 52.4 Å². The van der Waals surface area contributed by atoms with E-state index in [0.717, 1.165) is 31.1 Å². The smallest absolute Gasteiger partial charge is 0.410 e. The number of benzene rings is 2. The summed E-state index contributed by atoms with van der Waals surface area (Å²) in [4.78, 5) is 33.6. The predicted octanol–water partition coefficient (Wildman–Crippen LogP) is 4.65. The van der Waals surface area contributed by atoms with Gasteiger partial charge in [-0.15, -0.1) is 0 Å². The van der Waals surface area contributed by atoms with Gasteiger partial charge in [0, 0.05) is 48.5 Å². The van der Waals surface area contributed by atoms with Crippen LogP contribution in [0.2, 0.25) is 0 Å². The van der Waals surface area contributed by atoms with Crippen LogP contribution in [0.5, 0.6) is 0 Å². The number of amides is 2. The summed E-state index contributed by atoms with van der Waals surface area (Å²) in [6.45, 7) is 3.15. The number of anilines is 1. The second-order valence-electron chi connectivity index (χ2n) is 9.95. The highest BCUT2D eigenvalue weighted by Crippen LogP contribution is 2.25. The molecule has 2 fully saturated rings. The number of aromatic nitrogens is 1. The Kier molecular flexibility index (Phi) is 7.51. The fraction of sp³-hybridized carbons (Fsp3) is 0.393. The number of piperazine rings is 1. The Labute approximate surface area is 222 Å². The molecule has 0 bridgehead atoms. The second kappa shape index (κ2) is 11.0. The normalized spacial score (nSPS) is 18.8. The Morgan fingerprint density at radius 2 is 1.71 bits per heavy atom. The van der Waals surface area contributed by atoms with E-state index in [4.69, 9.17) is 4.74 Å². The molecule has 1 saturated carbocycles. The van der Waals surface area contributed by atoms with Gasteiger partial charge in [-0.3, -0.25) is 14.5 Å². The van der Waals surface area contributed by atoms with E-state index in [1.165, 1.54) is 12.5 Å². The number of nitrogens with zero attached hydrogens (tertiary/aromatic N) is 3. The standard InChI is InChI=1S/C28H32N4O5S/c1-20-19-31(28(34)37-24-9-3-2-4-10-24)17-18-32(20)27(33)22-12-14-23(15-13-22)30-38(35,36)25-11-5-7-21-8-6-16-29-26(21)25/h5-8,11-16,20,24,30H,2-4,9-10,17-19H2,1H3. The van der Waals surface area contributed by atoms with Crippen LogP contribution in [0.1, 0.15) is 49.4 Å². The Morgan fingerprint density at radius 3 is 2.45 bits per heavy atom. The summed E-state index contributed by atoms with van der Waals surface area (Å²) >= 11 is 0. The molecule has 1 N–H and O–H groups in total. The van der Waals surface area contributed by atoms with E-state index in [-0.39, 0.29) is 29.0 Å². The van der Waals surface area contributed by atoms with Gasteiger partial charge in [-0.1, -0.05) is 24.6 Å². The van der Waals surface area contributed by atoms with Crippen LogP contribution in [0.15, 0.2) is 65.7 Å². The van der Waals surface area contributed by atoms with Crippen LogP contribution in [0.4, 0.5) is 10.5 Å². The van der Waals surface area contributed by atoms with Crippen molar-refractivity contribution >= 4 is 38.6 Å². The molecule has 9 nitrogen and oxygen atoms in total. The van der Waals surface area contributed by atoms with Gasteiger partial charge in [-0.05, 0) is 69.0 Å². The number of ether oxygens (including phenoxy) is 1. The van der Waals surface area contributed by atoms with Crippen LogP contribution in [-0.2, 0) is 14.8 Å². The molecule has 0 radical (unpaired) electrons. The Bertz CT molecular complexity index is 1420. The van der Waals surface area contributed by atoms with Crippen LogP contribution >= 0.6 is 0 Å². The number of carbonyl (C=O) groups excluding carboxylic acids is 2. The van der Waals surface area contributed by atoms with Gasteiger partial charge in [0.25, 0.3) is 15.9 Å². The van der Waals surface area contributed by atoms with Gasteiger partial charge in [-0.25, -0.2) is 13.2 Å². The molecule has 1 aliphatic heterocycles. The molecule has 1 atom stereocenters. The Balaban J connectivity index is 1.21. The summed E-state index contributed by atoms with van der Waals surface area (Å²) in [5.41, 5.74) is 1.19. The molecular weight excluding hydrogens is 504 g/mol. The van der Waals surface area contributed by atoms with Crippen molar-refractivity contribution in [1.82, 2.24) is 14.8 Å². The lowest BCUT2D eigenvalue weighted by Crippen LogP contribution is -2.55. The molecule has 3 aromatic rings. The monoisotopic (exact) mass is 536 g/mol. The van der Waals surface area contributed by atoms with Crippen molar-refractivity contribution in [3.05, 3.63) is 66.4 Å². The number of fused-ring (bicyclic) bond motifs is 1. The number of para-hydroxylation sites is 1. The Hall–Kier alpha value is -3.66. The quantitative estimate of drug-likeness (QED) is 0.508. The fourth-order valence-corrected chi connectivity index (χ4v) is 6.41. The maximum Gasteiger partial charge on any atom is 0.410 e. The highest BCUT2D eigenvalue weighted by molar-refractivity contribution is 7.93. The molecule has 2 aromatic carbocycles. The van der Waals surface area contributed by atoms with E-state index in [0.29, 0.717) is 36.4 Å². The first-order valence-electron chi connectivity index (χ1n) is 13.0. The van der Waals surface area contributed by atoms with Crippen LogP contribution in [-0.4, -0.2) is 67.0 Å². The van der Waals surface area contributed by atoms with Crippen LogP contribution in [0.25, 0.3) is 10.9 Å². The van der Waals surface area contributed by atoms with Gasteiger partial charge in [0.05, 0.1) is 5.52 Å². The molecule has 2 amide bonds. The third-order valence-corrected chi connectivity index (χ3v) is 8.65. The highest BCUT2D eigenvalue weighted by atomic mass is 32.2. The number of sulfonamides is 1. The molecule has 1 aromatic heterocycles. The number of nitrogens with one attached hydrogen (secondary N) is 1. The van der Waals surface area contributed by atoms with Crippen LogP contribution in [0.3, 0.4) is 0 Å². The van der Waals surface area contributed by atoms with Crippen molar-refractivity contribution in [2.75, 3.05) is 24.4 Å². The molecule has 200 valence electrons. The minimum atomic E-state index is -3.88. The number of rotatable bonds is 5. The van der Waals surface area contributed by atoms with Crippen molar-refractivity contribution in [2.24, 2.45) is 0 Å². The summed E-state index contributed by atoms with van der Waals surface area (Å²) < 4.78 is 34.4. The average Bonchev–Trinajstić information content (AvgIpc) is 2.93. The van der Waals surface area contributed by atoms with Gasteiger partial charge < -0.3 is 14.5 Å². The zero-order valence-corrected chi connectivity index (χ0v) is 22.2. The largest absolute Gasteiger partial charge is 0.446 e. The molecule has 0 spiro atoms. The number of carbonyl (C=O) groups is 2. The summed E-state index contributed by atoms with van der Waals surface area (Å²) in [5, 5.41) is 0.729. The maximum atomic E-state index is 13.2. The molecule has 2 aliphatic rings. The first-order chi connectivity index (χ1) is 18.3. The zero-order valence-electron chi connectivity index (χ0n) is 21.4. The zero-order chi connectivity index (χ0) is 26.7. The highest BCUT2D eigenvalue weighted by Gasteiger charge is 2.32. The lowest BCUT2D eigenvalue weighted by Gasteiger charge is -2.40. The fourth-order valence-electron chi connectivity index (χ4n) is 5.18. The second-order valence-corrected chi connectivity index (χ2v) is 11.6. The van der Waals surface area contributed by atoms with Crippen LogP contribution < -0.4 is 4.72 Å². The lowest BCUT2D eigenvalue weighted by molar-refractivity contribution is 0.0203. The van der Waals surface area contributed by atoms with Crippen molar-refractivity contribution < 1.29 is 22.7 Å². The van der Waals surface area contributed by atoms with Gasteiger partial charge in [-0.2, -0.15) is 0 Å². The third kappa shape index (κ3) is 5.60. The van der Waals surface area contributed by atoms with E-state index in [2.05, 4.69) is 9.71 Å². The van der Waals surface area contributed by atoms with Gasteiger partial charge in [0.2, 0.25) is 0 Å². The summed E-state index contributed by atoms with van der Waals surface area (Å²) in [6, 6.07) is 14.8. The molecule has 10 heteroatoms. The SMILES string of the molecule is CC1CN(C(=O)OC2CCCCC2)CCN1C(=O)c1ccc(NS(=O)(=O)c2cccc3cccnc23)cc1. The average molecular weight is 537 g/mol. The molecule has 2 heterocycles. The number of pyridine rings is 1. The number of hydrogen-bond acceptors (Lipinski definition) is 6. The summed E-state index contributed by atoms with van der Waals surface area (Å²) in [7, 11) is -3.88. The van der Waals surface area contributed by atoms with Gasteiger partial charge in [0.15, 0.2) is 0 Å². The van der Waals surface area contributed by atoms with E-state index >= 15 is 0 Å². The van der Waals surface area contributed by atoms with E-state index < -0.39 is 10.0 Å². The van der Waals surface area contributed by atoms with Crippen molar-refractivity contribution in [3.8, 4) is 0 Å². The first-order valence-corrected chi connectivity index (χ1v) is 14.5. The van der Waals surface area contributed by atoms with Crippen molar-refractivity contribution in [3.63, 3.8) is 0 Å². The molecule has 1 aliphatic carbocycles. The molecule has 5 rings (SSSR count). The van der Waals surface area contributed by atoms with E-state index in [1.807, 2.05) is 19.1 Å². The van der Waals surface area contributed by atoms with Crippen molar-refractivity contribution in [1.29, 1.82) is 0 Å². The summed E-state index contributed by atoms with van der Waals surface area (Å²) in [6.07, 6.45) is 6.49. The van der Waals surface area contributed by atoms with Gasteiger partial charge in [0.1, 0.15) is 11.0 Å². The number of hydrogen-bond donors (Lipinski definition) is 1. The van der Waals surface area contributed by atoms with Crippen molar-refractivity contribution in [2.45, 2.75) is 56.1 Å². The lowest BCUT2D eigenvalue weighted by atomic mass is 9.98. The first kappa shape index (κ1) is 26.0. The minimum Gasteiger partial charge on any atom is -0.446 e. The van der Waals surface area contributed by atoms with Crippen LogP contribution in [0, 0.1) is 0 Å². The molecule has 38 heavy (non-hydrogen) atoms. The minimum absolute atomic E-state index is 0.000897. The van der Waals surface area contributed by atoms with Gasteiger partial charge >= 0.3 is 6.09 Å². The predicted molar refractivity (Wildman–Crippen MR) is 144 cm³/mol. The third-order valence-electron chi connectivity index (χ3n) is 7.24. The maximum absolute atomic E-state index is 13.2.